The average Bonchev–Trinajstić information content (AvgIpc) is 3.42. The van der Waals surface area contributed by atoms with Gasteiger partial charge in [-0.2, -0.15) is 5.10 Å². The Kier molecular flexibility index (Phi) is 5.85. The Balaban J connectivity index is 1.74. The molecule has 9 heteroatoms. The van der Waals surface area contributed by atoms with Crippen LogP contribution >= 0.6 is 0 Å². The third-order valence-corrected chi connectivity index (χ3v) is 5.18. The molecule has 4 rings (SSSR count). The van der Waals surface area contributed by atoms with Crippen molar-refractivity contribution in [1.82, 2.24) is 28.9 Å². The fourth-order valence-electron chi connectivity index (χ4n) is 3.74. The van der Waals surface area contributed by atoms with Crippen molar-refractivity contribution in [3.63, 3.8) is 0 Å². The van der Waals surface area contributed by atoms with Gasteiger partial charge >= 0.3 is 5.69 Å². The van der Waals surface area contributed by atoms with Crippen LogP contribution in [-0.4, -0.2) is 34.0 Å². The van der Waals surface area contributed by atoms with Gasteiger partial charge in [0.25, 0.3) is 5.56 Å². The summed E-state index contributed by atoms with van der Waals surface area (Å²) < 4.78 is 4.61. The lowest BCUT2D eigenvalue weighted by Crippen LogP contribution is -2.40. The van der Waals surface area contributed by atoms with E-state index in [-0.39, 0.29) is 17.9 Å². The Hall–Kier alpha value is -3.46. The summed E-state index contributed by atoms with van der Waals surface area (Å²) in [5, 5.41) is 13.7. The minimum Gasteiger partial charge on any atom is -0.392 e. The number of rotatable bonds is 8. The molecule has 162 valence electrons. The molecule has 0 amide bonds. The molecule has 0 spiro atoms. The normalized spacial score (nSPS) is 11.5. The van der Waals surface area contributed by atoms with Crippen LogP contribution in [0, 0.1) is 0 Å². The van der Waals surface area contributed by atoms with Crippen molar-refractivity contribution < 1.29 is 5.11 Å². The molecule has 9 nitrogen and oxygen atoms in total. The predicted molar refractivity (Wildman–Crippen MR) is 118 cm³/mol. The smallest absolute Gasteiger partial charge is 0.332 e. The molecule has 0 aliphatic rings. The molecule has 0 atom stereocenters. The average molecular weight is 422 g/mol. The number of imidazole rings is 1. The summed E-state index contributed by atoms with van der Waals surface area (Å²) in [4.78, 5) is 33.4. The maximum atomic E-state index is 12.9. The number of hydrogen-bond donors (Lipinski definition) is 2. The molecule has 3 aromatic heterocycles. The first-order chi connectivity index (χ1) is 15.0. The Morgan fingerprint density at radius 1 is 1.06 bits per heavy atom. The number of fused-ring (bicyclic) bond motifs is 1. The molecule has 4 aromatic rings. The summed E-state index contributed by atoms with van der Waals surface area (Å²) in [5.41, 5.74) is 2.64. The van der Waals surface area contributed by atoms with E-state index in [1.807, 2.05) is 44.3 Å². The van der Waals surface area contributed by atoms with Gasteiger partial charge < -0.3 is 10.1 Å². The van der Waals surface area contributed by atoms with Crippen LogP contribution in [-0.2, 0) is 26.2 Å². The fourth-order valence-corrected chi connectivity index (χ4v) is 3.74. The van der Waals surface area contributed by atoms with Crippen LogP contribution in [0.1, 0.15) is 37.8 Å². The van der Waals surface area contributed by atoms with Crippen LogP contribution in [0.4, 0.5) is 0 Å². The van der Waals surface area contributed by atoms with Crippen molar-refractivity contribution >= 4 is 11.2 Å². The highest BCUT2D eigenvalue weighted by molar-refractivity contribution is 5.75. The maximum absolute atomic E-state index is 12.9. The van der Waals surface area contributed by atoms with Crippen molar-refractivity contribution in [3.05, 3.63) is 68.6 Å². The van der Waals surface area contributed by atoms with Gasteiger partial charge in [0.1, 0.15) is 11.3 Å². The number of aryl methyl sites for hydroxylation is 1. The molecule has 0 aliphatic heterocycles. The Morgan fingerprint density at radius 2 is 1.81 bits per heavy atom. The molecule has 0 saturated heterocycles. The van der Waals surface area contributed by atoms with E-state index in [1.54, 1.807) is 15.4 Å². The Labute approximate surface area is 178 Å². The van der Waals surface area contributed by atoms with Gasteiger partial charge in [0.05, 0.1) is 24.9 Å². The fraction of sp³-hybridized carbons (Fsp3) is 0.364. The highest BCUT2D eigenvalue weighted by Gasteiger charge is 2.18. The minimum absolute atomic E-state index is 0.00773. The van der Waals surface area contributed by atoms with Crippen LogP contribution in [0.5, 0.6) is 0 Å². The monoisotopic (exact) mass is 422 g/mol. The Morgan fingerprint density at radius 3 is 2.55 bits per heavy atom. The van der Waals surface area contributed by atoms with E-state index >= 15 is 0 Å². The highest BCUT2D eigenvalue weighted by Crippen LogP contribution is 2.18. The Bertz CT molecular complexity index is 1330. The van der Waals surface area contributed by atoms with Gasteiger partial charge in [-0.1, -0.05) is 38.1 Å². The van der Waals surface area contributed by atoms with E-state index in [4.69, 9.17) is 0 Å². The molecule has 1 aromatic carbocycles. The minimum atomic E-state index is -0.346. The molecule has 0 unspecified atom stereocenters. The van der Waals surface area contributed by atoms with Gasteiger partial charge in [0, 0.05) is 19.3 Å². The molecular weight excluding hydrogens is 396 g/mol. The van der Waals surface area contributed by atoms with E-state index in [9.17, 15) is 14.7 Å². The van der Waals surface area contributed by atoms with Crippen molar-refractivity contribution in [1.29, 1.82) is 0 Å². The van der Waals surface area contributed by atoms with Crippen LogP contribution in [0.3, 0.4) is 0 Å². The second-order valence-corrected chi connectivity index (χ2v) is 7.58. The second kappa shape index (κ2) is 8.73. The van der Waals surface area contributed by atoms with Crippen molar-refractivity contribution in [2.45, 2.75) is 52.9 Å². The molecule has 2 N–H and O–H groups in total. The lowest BCUT2D eigenvalue weighted by Gasteiger charge is -2.09. The third kappa shape index (κ3) is 3.96. The second-order valence-electron chi connectivity index (χ2n) is 7.58. The topological polar surface area (TPSA) is 111 Å². The van der Waals surface area contributed by atoms with Crippen molar-refractivity contribution in [2.24, 2.45) is 0 Å². The summed E-state index contributed by atoms with van der Waals surface area (Å²) >= 11 is 0. The van der Waals surface area contributed by atoms with Gasteiger partial charge in [0.2, 0.25) is 0 Å². The standard InChI is InChI=1S/C22H26N6O3/c1-3-8-27-20-18(21(30)28(9-4-2)22(27)31)24-19(25-20)17-11-23-26(13-17)12-15-6-5-7-16(10-15)14-29/h5-7,10-11,13,29H,3-4,8-9,12,14H2,1-2H3,(H,24,25). The zero-order valence-corrected chi connectivity index (χ0v) is 17.7. The zero-order valence-electron chi connectivity index (χ0n) is 17.7. The van der Waals surface area contributed by atoms with E-state index in [0.717, 1.165) is 23.1 Å². The van der Waals surface area contributed by atoms with Crippen LogP contribution in [0.15, 0.2) is 46.2 Å². The van der Waals surface area contributed by atoms with E-state index in [1.165, 1.54) is 4.57 Å². The summed E-state index contributed by atoms with van der Waals surface area (Å²) in [6.07, 6.45) is 4.97. The molecule has 3 heterocycles. The number of nitrogens with zero attached hydrogens (tertiary/aromatic N) is 5. The highest BCUT2D eigenvalue weighted by atomic mass is 16.3. The molecule has 0 aliphatic carbocycles. The number of aliphatic hydroxyl groups excluding tert-OH is 1. The van der Waals surface area contributed by atoms with Crippen LogP contribution in [0.2, 0.25) is 0 Å². The number of aromatic amines is 1. The summed E-state index contributed by atoms with van der Waals surface area (Å²) in [7, 11) is 0. The van der Waals surface area contributed by atoms with Crippen molar-refractivity contribution in [3.8, 4) is 11.4 Å². The third-order valence-electron chi connectivity index (χ3n) is 5.18. The van der Waals surface area contributed by atoms with Gasteiger partial charge in [-0.3, -0.25) is 18.6 Å². The van der Waals surface area contributed by atoms with Crippen molar-refractivity contribution in [2.75, 3.05) is 0 Å². The first-order valence-electron chi connectivity index (χ1n) is 10.5. The quantitative estimate of drug-likeness (QED) is 0.452. The summed E-state index contributed by atoms with van der Waals surface area (Å²) in [5.74, 6) is 0.501. The van der Waals surface area contributed by atoms with Gasteiger partial charge in [-0.25, -0.2) is 9.78 Å². The zero-order chi connectivity index (χ0) is 22.0. The first kappa shape index (κ1) is 20.8. The van der Waals surface area contributed by atoms with E-state index in [2.05, 4.69) is 15.1 Å². The van der Waals surface area contributed by atoms with Gasteiger partial charge in [0.15, 0.2) is 5.65 Å². The number of hydrogen-bond acceptors (Lipinski definition) is 5. The van der Waals surface area contributed by atoms with Crippen LogP contribution in [0.25, 0.3) is 22.6 Å². The molecule has 0 fully saturated rings. The molecule has 31 heavy (non-hydrogen) atoms. The summed E-state index contributed by atoms with van der Waals surface area (Å²) in [6, 6.07) is 7.68. The lowest BCUT2D eigenvalue weighted by molar-refractivity contribution is 0.281. The predicted octanol–water partition coefficient (Wildman–Crippen LogP) is 2.11. The lowest BCUT2D eigenvalue weighted by atomic mass is 10.1. The number of benzene rings is 1. The molecule has 0 radical (unpaired) electrons. The van der Waals surface area contributed by atoms with E-state index in [0.29, 0.717) is 43.0 Å². The number of aliphatic hydroxyl groups is 1. The number of aromatic nitrogens is 6. The largest absolute Gasteiger partial charge is 0.392 e. The molecule has 0 saturated carbocycles. The SMILES string of the molecule is CCCn1c(=O)c2[nH]c(-c3cnn(Cc4cccc(CO)c4)c3)nc2n(CCC)c1=O. The van der Waals surface area contributed by atoms with E-state index < -0.39 is 0 Å². The number of nitrogens with one attached hydrogen (secondary N) is 1. The van der Waals surface area contributed by atoms with Gasteiger partial charge in [-0.05, 0) is 24.0 Å². The summed E-state index contributed by atoms with van der Waals surface area (Å²) in [6.45, 7) is 5.31. The molecule has 0 bridgehead atoms. The molecular formula is C22H26N6O3. The van der Waals surface area contributed by atoms with Crippen LogP contribution < -0.4 is 11.2 Å². The van der Waals surface area contributed by atoms with Gasteiger partial charge in [-0.15, -0.1) is 0 Å². The number of H-pyrrole nitrogens is 1. The maximum Gasteiger partial charge on any atom is 0.332 e. The first-order valence-corrected chi connectivity index (χ1v) is 10.5.